The van der Waals surface area contributed by atoms with Crippen LogP contribution in [0.2, 0.25) is 0 Å². The van der Waals surface area contributed by atoms with E-state index in [9.17, 15) is 24.6 Å². The summed E-state index contributed by atoms with van der Waals surface area (Å²) in [6, 6.07) is 39.6. The van der Waals surface area contributed by atoms with Crippen LogP contribution in [0.1, 0.15) is 265 Å². The fourth-order valence-electron chi connectivity index (χ4n) is 14.3. The molecule has 15 nitrogen and oxygen atoms in total. The number of aliphatic hydroxyl groups excluding tert-OH is 2. The van der Waals surface area contributed by atoms with Crippen molar-refractivity contribution >= 4 is 17.3 Å². The molecule has 584 valence electrons. The Kier molecular flexibility index (Phi) is 42.8. The molecule has 2 N–H and O–H groups in total. The monoisotopic (exact) mass is 1450 g/mol. The Hall–Kier alpha value is -6.17. The third-order valence-corrected chi connectivity index (χ3v) is 21.5. The molecule has 5 unspecified atom stereocenters. The second-order valence-corrected chi connectivity index (χ2v) is 30.3. The van der Waals surface area contributed by atoms with Crippen molar-refractivity contribution in [3.05, 3.63) is 149 Å². The molecule has 5 aromatic rings. The van der Waals surface area contributed by atoms with Crippen LogP contribution >= 0.6 is 0 Å². The van der Waals surface area contributed by atoms with Crippen molar-refractivity contribution in [3.8, 4) is 28.7 Å². The first kappa shape index (κ1) is 87.7. The van der Waals surface area contributed by atoms with Crippen molar-refractivity contribution in [2.75, 3.05) is 118 Å². The zero-order valence-corrected chi connectivity index (χ0v) is 66.8. The number of Topliss-reactive ketones (excluding diaryl/α,β-unsaturated/α-hetero) is 3. The van der Waals surface area contributed by atoms with Crippen LogP contribution in [0, 0.1) is 17.8 Å². The lowest BCUT2D eigenvalue weighted by atomic mass is 9.99. The molecular weight excluding hydrogens is 1310 g/mol. The standard InChI is InChI=1S/C18H29NO2.C18H27NO2.C18H29NO2.2C18H27NO2/c2*1-3-18(20)16-5-7-17(8-6-16)21-14-4-11-19-12-9-15(2)10-13-19;1-3-18(20)16-7-9-17(10-8-16)21-13-5-12-19-11-4-6-15(2)14-19;2*1-3-18(20)16-8-10-17(11-9-16)21-14-6-13-19-12-5-4-7-15(19)2/h5-8,15,18,20H,3-4,9-14H2,1-2H3;5-8,15H,3-4,9-14H2,1-2H3;7-10,15,18,20H,3-6,11-14H2,1-2H3;2*8-11,15H,3-7,12-14H2,1-2H3. The molecule has 0 aliphatic carbocycles. The molecule has 5 atom stereocenters. The Morgan fingerprint density at radius 3 is 0.924 bits per heavy atom. The van der Waals surface area contributed by atoms with Crippen LogP contribution in [0.5, 0.6) is 28.7 Å². The van der Waals surface area contributed by atoms with Crippen molar-refractivity contribution in [2.24, 2.45) is 17.8 Å². The number of piperidine rings is 5. The topological polar surface area (TPSA) is 154 Å². The maximum absolute atomic E-state index is 11.5. The molecule has 0 amide bonds. The summed E-state index contributed by atoms with van der Waals surface area (Å²) in [5, 5.41) is 19.5. The molecule has 0 saturated carbocycles. The molecule has 5 aliphatic heterocycles. The molecule has 105 heavy (non-hydrogen) atoms. The van der Waals surface area contributed by atoms with E-state index in [2.05, 4.69) is 59.1 Å². The van der Waals surface area contributed by atoms with Crippen molar-refractivity contribution in [3.63, 3.8) is 0 Å². The van der Waals surface area contributed by atoms with Gasteiger partial charge in [-0.05, 0) is 295 Å². The molecule has 0 spiro atoms. The Morgan fingerprint density at radius 2 is 0.638 bits per heavy atom. The fraction of sp³-hybridized carbons (Fsp3) is 0.633. The van der Waals surface area contributed by atoms with Gasteiger partial charge in [-0.1, -0.05) is 92.5 Å². The van der Waals surface area contributed by atoms with E-state index in [1.807, 2.05) is 156 Å². The highest BCUT2D eigenvalue weighted by atomic mass is 16.5. The lowest BCUT2D eigenvalue weighted by Gasteiger charge is -2.33. The van der Waals surface area contributed by atoms with E-state index in [1.165, 1.54) is 129 Å². The van der Waals surface area contributed by atoms with Gasteiger partial charge < -0.3 is 58.4 Å². The van der Waals surface area contributed by atoms with Gasteiger partial charge in [0.25, 0.3) is 0 Å². The van der Waals surface area contributed by atoms with E-state index in [1.54, 1.807) is 0 Å². The number of carbonyl (C=O) groups is 3. The van der Waals surface area contributed by atoms with Gasteiger partial charge in [0.05, 0.1) is 45.2 Å². The maximum atomic E-state index is 11.5. The summed E-state index contributed by atoms with van der Waals surface area (Å²) in [6.07, 6.45) is 23.8. The zero-order valence-electron chi connectivity index (χ0n) is 66.8. The molecule has 5 aromatic carbocycles. The smallest absolute Gasteiger partial charge is 0.162 e. The number of rotatable bonds is 35. The summed E-state index contributed by atoms with van der Waals surface area (Å²) < 4.78 is 28.8. The highest BCUT2D eigenvalue weighted by Gasteiger charge is 2.21. The Labute approximate surface area is 635 Å². The molecule has 5 heterocycles. The maximum Gasteiger partial charge on any atom is 0.162 e. The van der Waals surface area contributed by atoms with E-state index in [0.717, 1.165) is 197 Å². The van der Waals surface area contributed by atoms with Crippen LogP contribution in [-0.4, -0.2) is 182 Å². The van der Waals surface area contributed by atoms with Crippen molar-refractivity contribution in [2.45, 2.75) is 235 Å². The first-order valence-electron chi connectivity index (χ1n) is 41.2. The van der Waals surface area contributed by atoms with Gasteiger partial charge in [0.2, 0.25) is 0 Å². The number of benzene rings is 5. The summed E-state index contributed by atoms with van der Waals surface area (Å²) in [6.45, 7) is 40.6. The largest absolute Gasteiger partial charge is 0.494 e. The second kappa shape index (κ2) is 51.2. The molecule has 15 heteroatoms. The van der Waals surface area contributed by atoms with Crippen LogP contribution in [0.15, 0.2) is 121 Å². The predicted molar refractivity (Wildman–Crippen MR) is 431 cm³/mol. The fourth-order valence-corrected chi connectivity index (χ4v) is 14.3. The molecule has 10 rings (SSSR count). The summed E-state index contributed by atoms with van der Waals surface area (Å²) in [7, 11) is 0. The molecule has 5 aliphatic rings. The minimum absolute atomic E-state index is 0.181. The van der Waals surface area contributed by atoms with E-state index in [4.69, 9.17) is 23.7 Å². The van der Waals surface area contributed by atoms with Crippen LogP contribution in [-0.2, 0) is 0 Å². The summed E-state index contributed by atoms with van der Waals surface area (Å²) in [5.41, 5.74) is 4.24. The van der Waals surface area contributed by atoms with Crippen LogP contribution < -0.4 is 23.7 Å². The molecule has 0 aromatic heterocycles. The Bertz CT molecular complexity index is 2990. The SMILES string of the molecule is CCC(=O)c1ccc(OCCCN2CCC(C)CC2)cc1.CCC(=O)c1ccc(OCCCN2CCCCC2C)cc1.CCC(=O)c1ccc(OCCCN2CCCCC2C)cc1.CCC(O)c1ccc(OCCCN2CCC(C)CC2)cc1.CCC(O)c1ccc(OCCCN2CCCC(C)C2)cc1. The van der Waals surface area contributed by atoms with Gasteiger partial charge in [0, 0.05) is 87.3 Å². The minimum atomic E-state index is -0.361. The lowest BCUT2D eigenvalue weighted by Crippen LogP contribution is -2.38. The van der Waals surface area contributed by atoms with E-state index in [0.29, 0.717) is 19.3 Å². The average molecular weight is 1450 g/mol. The van der Waals surface area contributed by atoms with Crippen molar-refractivity contribution < 1.29 is 48.3 Å². The summed E-state index contributed by atoms with van der Waals surface area (Å²) >= 11 is 0. The minimum Gasteiger partial charge on any atom is -0.494 e. The summed E-state index contributed by atoms with van der Waals surface area (Å²) in [4.78, 5) is 47.4. The molecule has 0 bridgehead atoms. The van der Waals surface area contributed by atoms with Crippen LogP contribution in [0.3, 0.4) is 0 Å². The van der Waals surface area contributed by atoms with Crippen molar-refractivity contribution in [1.82, 2.24) is 24.5 Å². The number of carbonyl (C=O) groups excluding carboxylic acids is 3. The molecule has 5 saturated heterocycles. The lowest BCUT2D eigenvalue weighted by molar-refractivity contribution is 0.0980. The van der Waals surface area contributed by atoms with Gasteiger partial charge in [-0.15, -0.1) is 0 Å². The first-order chi connectivity index (χ1) is 51.0. The number of aliphatic hydroxyl groups is 2. The Balaban J connectivity index is 0.000000206. The number of ketones is 3. The van der Waals surface area contributed by atoms with E-state index >= 15 is 0 Å². The third-order valence-electron chi connectivity index (χ3n) is 21.5. The highest BCUT2D eigenvalue weighted by Crippen LogP contribution is 2.26. The summed E-state index contributed by atoms with van der Waals surface area (Å²) in [5.74, 6) is 7.54. The number of likely N-dealkylation sites (tertiary alicyclic amines) is 5. The van der Waals surface area contributed by atoms with Gasteiger partial charge in [-0.2, -0.15) is 0 Å². The Morgan fingerprint density at radius 1 is 0.343 bits per heavy atom. The second-order valence-electron chi connectivity index (χ2n) is 30.3. The highest BCUT2D eigenvalue weighted by molar-refractivity contribution is 5.96. The van der Waals surface area contributed by atoms with E-state index in [-0.39, 0.29) is 29.6 Å². The van der Waals surface area contributed by atoms with Crippen molar-refractivity contribution in [1.29, 1.82) is 0 Å². The van der Waals surface area contributed by atoms with Crippen LogP contribution in [0.25, 0.3) is 0 Å². The first-order valence-corrected chi connectivity index (χ1v) is 41.2. The van der Waals surface area contributed by atoms with Gasteiger partial charge in [0.15, 0.2) is 17.3 Å². The number of hydrogen-bond donors (Lipinski definition) is 2. The van der Waals surface area contributed by atoms with Crippen LogP contribution in [0.4, 0.5) is 0 Å². The van der Waals surface area contributed by atoms with Gasteiger partial charge in [0.1, 0.15) is 28.7 Å². The normalized spacial score (nSPS) is 19.1. The average Bonchev–Trinajstić information content (AvgIpc) is 0.947. The van der Waals surface area contributed by atoms with E-state index < -0.39 is 0 Å². The van der Waals surface area contributed by atoms with Gasteiger partial charge >= 0.3 is 0 Å². The number of nitrogens with zero attached hydrogens (tertiary/aromatic N) is 5. The van der Waals surface area contributed by atoms with Gasteiger partial charge in [-0.25, -0.2) is 0 Å². The predicted octanol–water partition coefficient (Wildman–Crippen LogP) is 18.9. The zero-order chi connectivity index (χ0) is 75.4. The molecule has 0 radical (unpaired) electrons. The number of hydrogen-bond acceptors (Lipinski definition) is 15. The molecular formula is C90H139N5O10. The quantitative estimate of drug-likeness (QED) is 0.0292. The van der Waals surface area contributed by atoms with Gasteiger partial charge in [-0.3, -0.25) is 14.4 Å². The number of ether oxygens (including phenoxy) is 5. The third kappa shape index (κ3) is 34.7. The molecule has 5 fully saturated rings.